The van der Waals surface area contributed by atoms with Gasteiger partial charge in [-0.25, -0.2) is 4.79 Å². The Hall–Kier alpha value is -1.85. The number of amides is 2. The minimum absolute atomic E-state index is 0.0399. The van der Waals surface area contributed by atoms with Crippen LogP contribution in [-0.2, 0) is 6.54 Å². The molecule has 3 atom stereocenters. The zero-order chi connectivity index (χ0) is 17.5. The minimum atomic E-state index is -0.103. The van der Waals surface area contributed by atoms with E-state index in [2.05, 4.69) is 39.8 Å². The van der Waals surface area contributed by atoms with Crippen LogP contribution in [0.15, 0.2) is 42.5 Å². The maximum absolute atomic E-state index is 12.1. The summed E-state index contributed by atoms with van der Waals surface area (Å²) in [7, 11) is 0. The lowest BCUT2D eigenvalue weighted by Gasteiger charge is -2.33. The normalized spacial score (nSPS) is 26.5. The van der Waals surface area contributed by atoms with E-state index in [-0.39, 0.29) is 24.6 Å². The molecule has 3 rings (SSSR count). The summed E-state index contributed by atoms with van der Waals surface area (Å²) >= 11 is 0. The predicted molar refractivity (Wildman–Crippen MR) is 99.1 cm³/mol. The molecule has 3 N–H and O–H groups in total. The smallest absolute Gasteiger partial charge is 0.315 e. The molecule has 1 aromatic rings. The molecule has 0 spiro atoms. The lowest BCUT2D eigenvalue weighted by Crippen LogP contribution is -2.45. The van der Waals surface area contributed by atoms with Gasteiger partial charge in [-0.15, -0.1) is 0 Å². The highest BCUT2D eigenvalue weighted by Crippen LogP contribution is 2.19. The zero-order valence-corrected chi connectivity index (χ0v) is 14.7. The molecule has 1 heterocycles. The Bertz CT molecular complexity index is 576. The van der Waals surface area contributed by atoms with Crippen LogP contribution in [0, 0.1) is 11.8 Å². The van der Waals surface area contributed by atoms with E-state index in [9.17, 15) is 4.79 Å². The van der Waals surface area contributed by atoms with Crippen LogP contribution in [0.1, 0.15) is 24.8 Å². The molecule has 0 saturated carbocycles. The summed E-state index contributed by atoms with van der Waals surface area (Å²) in [5.74, 6) is 0.683. The third-order valence-corrected chi connectivity index (χ3v) is 5.13. The average Bonchev–Trinajstić information content (AvgIpc) is 3.09. The number of hydrogen-bond donors (Lipinski definition) is 3. The van der Waals surface area contributed by atoms with E-state index in [0.717, 1.165) is 32.6 Å². The topological polar surface area (TPSA) is 64.6 Å². The van der Waals surface area contributed by atoms with Crippen molar-refractivity contribution in [3.63, 3.8) is 0 Å². The third-order valence-electron chi connectivity index (χ3n) is 5.13. The van der Waals surface area contributed by atoms with Gasteiger partial charge in [0.1, 0.15) is 0 Å². The number of urea groups is 1. The summed E-state index contributed by atoms with van der Waals surface area (Å²) in [6.07, 6.45) is 7.10. The van der Waals surface area contributed by atoms with Crippen molar-refractivity contribution in [3.8, 4) is 0 Å². The van der Waals surface area contributed by atoms with Gasteiger partial charge in [0.2, 0.25) is 0 Å². The highest BCUT2D eigenvalue weighted by atomic mass is 16.3. The summed E-state index contributed by atoms with van der Waals surface area (Å²) in [6, 6.07) is 10.5. The van der Waals surface area contributed by atoms with Gasteiger partial charge in [-0.05, 0) is 37.3 Å². The van der Waals surface area contributed by atoms with E-state index < -0.39 is 0 Å². The first-order valence-corrected chi connectivity index (χ1v) is 9.32. The van der Waals surface area contributed by atoms with Gasteiger partial charge in [-0.1, -0.05) is 42.5 Å². The van der Waals surface area contributed by atoms with Crippen molar-refractivity contribution in [1.82, 2.24) is 15.5 Å². The second kappa shape index (κ2) is 9.02. The Balaban J connectivity index is 1.38. The Morgan fingerprint density at radius 2 is 2.08 bits per heavy atom. The molecular weight excluding hydrogens is 314 g/mol. The molecule has 136 valence electrons. The monoisotopic (exact) mass is 343 g/mol. The molecule has 0 unspecified atom stereocenters. The number of carbonyl (C=O) groups is 1. The number of likely N-dealkylation sites (tertiary alicyclic amines) is 1. The summed E-state index contributed by atoms with van der Waals surface area (Å²) in [5, 5.41) is 15.1. The SMILES string of the molecule is O=C(NC[C@H]1CCCN(Cc2ccccc2)C1)N[C@@H]1C=C[C@H](CO)C1. The largest absolute Gasteiger partial charge is 0.396 e. The fourth-order valence-corrected chi connectivity index (χ4v) is 3.78. The third kappa shape index (κ3) is 5.58. The average molecular weight is 343 g/mol. The number of carbonyl (C=O) groups excluding carboxylic acids is 1. The van der Waals surface area contributed by atoms with Crippen LogP contribution in [0.5, 0.6) is 0 Å². The van der Waals surface area contributed by atoms with E-state index in [4.69, 9.17) is 5.11 Å². The van der Waals surface area contributed by atoms with Crippen molar-refractivity contribution in [2.24, 2.45) is 11.8 Å². The molecule has 1 aliphatic carbocycles. The van der Waals surface area contributed by atoms with E-state index >= 15 is 0 Å². The zero-order valence-electron chi connectivity index (χ0n) is 14.7. The van der Waals surface area contributed by atoms with Gasteiger partial charge in [0.05, 0.1) is 0 Å². The van der Waals surface area contributed by atoms with E-state index in [1.807, 2.05) is 18.2 Å². The Kier molecular flexibility index (Phi) is 6.48. The van der Waals surface area contributed by atoms with Crippen molar-refractivity contribution >= 4 is 6.03 Å². The molecule has 5 heteroatoms. The molecule has 1 aromatic carbocycles. The van der Waals surface area contributed by atoms with Crippen molar-refractivity contribution in [3.05, 3.63) is 48.0 Å². The fraction of sp³-hybridized carbons (Fsp3) is 0.550. The lowest BCUT2D eigenvalue weighted by molar-refractivity contribution is 0.165. The van der Waals surface area contributed by atoms with Gasteiger partial charge in [-0.2, -0.15) is 0 Å². The minimum Gasteiger partial charge on any atom is -0.396 e. The van der Waals surface area contributed by atoms with Gasteiger partial charge in [0.25, 0.3) is 0 Å². The fourth-order valence-electron chi connectivity index (χ4n) is 3.78. The summed E-state index contributed by atoms with van der Waals surface area (Å²) in [4.78, 5) is 14.6. The quantitative estimate of drug-likeness (QED) is 0.694. The number of aliphatic hydroxyl groups excluding tert-OH is 1. The number of piperidine rings is 1. The predicted octanol–water partition coefficient (Wildman–Crippen LogP) is 2.13. The molecule has 1 fully saturated rings. The first kappa shape index (κ1) is 18.0. The molecule has 0 radical (unpaired) electrons. The molecule has 0 aromatic heterocycles. The highest BCUT2D eigenvalue weighted by Gasteiger charge is 2.22. The summed E-state index contributed by atoms with van der Waals surface area (Å²) in [6.45, 7) is 4.02. The van der Waals surface area contributed by atoms with Crippen LogP contribution in [0.2, 0.25) is 0 Å². The summed E-state index contributed by atoms with van der Waals surface area (Å²) < 4.78 is 0. The molecule has 2 aliphatic rings. The van der Waals surface area contributed by atoms with Crippen LogP contribution in [0.25, 0.3) is 0 Å². The molecule has 5 nitrogen and oxygen atoms in total. The van der Waals surface area contributed by atoms with Gasteiger partial charge < -0.3 is 15.7 Å². The second-order valence-corrected chi connectivity index (χ2v) is 7.25. The molecular formula is C20H29N3O2. The van der Waals surface area contributed by atoms with Gasteiger partial charge in [-0.3, -0.25) is 4.90 Å². The Labute approximate surface area is 150 Å². The molecule has 2 amide bonds. The maximum Gasteiger partial charge on any atom is 0.315 e. The highest BCUT2D eigenvalue weighted by molar-refractivity contribution is 5.74. The van der Waals surface area contributed by atoms with Crippen LogP contribution < -0.4 is 10.6 Å². The maximum atomic E-state index is 12.1. The van der Waals surface area contributed by atoms with Crippen LogP contribution in [0.3, 0.4) is 0 Å². The number of nitrogens with one attached hydrogen (secondary N) is 2. The van der Waals surface area contributed by atoms with Crippen LogP contribution >= 0.6 is 0 Å². The second-order valence-electron chi connectivity index (χ2n) is 7.25. The Morgan fingerprint density at radius 1 is 1.24 bits per heavy atom. The molecule has 25 heavy (non-hydrogen) atoms. The van der Waals surface area contributed by atoms with Crippen molar-refractivity contribution in [2.45, 2.75) is 31.8 Å². The molecule has 1 saturated heterocycles. The lowest BCUT2D eigenvalue weighted by atomic mass is 9.97. The van der Waals surface area contributed by atoms with Gasteiger partial charge in [0.15, 0.2) is 0 Å². The first-order valence-electron chi connectivity index (χ1n) is 9.32. The summed E-state index contributed by atoms with van der Waals surface area (Å²) in [5.41, 5.74) is 1.35. The van der Waals surface area contributed by atoms with Crippen LogP contribution in [0.4, 0.5) is 4.79 Å². The van der Waals surface area contributed by atoms with Gasteiger partial charge in [0, 0.05) is 38.2 Å². The van der Waals surface area contributed by atoms with E-state index in [0.29, 0.717) is 5.92 Å². The standard InChI is InChI=1S/C20H29N3O2/c24-15-17-8-9-19(11-17)22-20(25)21-12-18-7-4-10-23(14-18)13-16-5-2-1-3-6-16/h1-3,5-6,8-9,17-19,24H,4,7,10-15H2,(H2,21,22,25)/t17-,18+,19+/m0/s1. The molecule has 0 bridgehead atoms. The Morgan fingerprint density at radius 3 is 2.84 bits per heavy atom. The number of hydrogen-bond acceptors (Lipinski definition) is 3. The van der Waals surface area contributed by atoms with Crippen LogP contribution in [-0.4, -0.2) is 48.3 Å². The van der Waals surface area contributed by atoms with Crippen molar-refractivity contribution in [2.75, 3.05) is 26.2 Å². The van der Waals surface area contributed by atoms with Crippen molar-refractivity contribution in [1.29, 1.82) is 0 Å². The number of aliphatic hydroxyl groups is 1. The number of rotatable bonds is 6. The first-order chi connectivity index (χ1) is 12.2. The van der Waals surface area contributed by atoms with Gasteiger partial charge >= 0.3 is 6.03 Å². The van der Waals surface area contributed by atoms with E-state index in [1.54, 1.807) is 0 Å². The van der Waals surface area contributed by atoms with E-state index in [1.165, 1.54) is 18.4 Å². The molecule has 1 aliphatic heterocycles. The van der Waals surface area contributed by atoms with Crippen molar-refractivity contribution < 1.29 is 9.90 Å². The number of nitrogens with zero attached hydrogens (tertiary/aromatic N) is 1. The number of benzene rings is 1.